The topological polar surface area (TPSA) is 12.0 Å². The van der Waals surface area contributed by atoms with Crippen molar-refractivity contribution < 1.29 is 0 Å². The van der Waals surface area contributed by atoms with Crippen LogP contribution in [-0.2, 0) is 6.54 Å². The molecule has 0 radical (unpaired) electrons. The summed E-state index contributed by atoms with van der Waals surface area (Å²) in [6.45, 7) is 4.38. The zero-order valence-corrected chi connectivity index (χ0v) is 13.7. The molecule has 104 valence electrons. The maximum absolute atomic E-state index is 3.50. The highest BCUT2D eigenvalue weighted by molar-refractivity contribution is 9.10. The minimum Gasteiger partial charge on any atom is -0.313 e. The average molecular weight is 335 g/mol. The molecule has 0 aromatic heterocycles. The van der Waals surface area contributed by atoms with Crippen molar-refractivity contribution in [3.8, 4) is 0 Å². The second-order valence-corrected chi connectivity index (χ2v) is 5.49. The van der Waals surface area contributed by atoms with Gasteiger partial charge < -0.3 is 5.32 Å². The molecule has 0 saturated carbocycles. The van der Waals surface area contributed by atoms with Crippen LogP contribution in [0.3, 0.4) is 0 Å². The van der Waals surface area contributed by atoms with Gasteiger partial charge in [-0.25, -0.2) is 0 Å². The fourth-order valence-electron chi connectivity index (χ4n) is 1.91. The van der Waals surface area contributed by atoms with E-state index in [0.717, 1.165) is 17.6 Å². The predicted octanol–water partition coefficient (Wildman–Crippen LogP) is 5.32. The van der Waals surface area contributed by atoms with Crippen LogP contribution in [0, 0.1) is 0 Å². The summed E-state index contributed by atoms with van der Waals surface area (Å²) in [6, 6.07) is 8.50. The maximum atomic E-state index is 3.50. The summed E-state index contributed by atoms with van der Waals surface area (Å²) in [4.78, 5) is 0. The quantitative estimate of drug-likeness (QED) is 0.603. The lowest BCUT2D eigenvalue weighted by molar-refractivity contribution is 0.572. The predicted molar refractivity (Wildman–Crippen MR) is 86.5 cm³/mol. The number of nitrogens with one attached hydrogen (secondary N) is 1. The molecule has 1 N–H and O–H groups in total. The number of unbranched alkanes of at least 4 members (excludes halogenated alkanes) is 5. The van der Waals surface area contributed by atoms with E-state index in [0.29, 0.717) is 0 Å². The molecule has 0 bridgehead atoms. The lowest BCUT2D eigenvalue weighted by Crippen LogP contribution is -2.14. The summed E-state index contributed by atoms with van der Waals surface area (Å²) in [5.41, 5.74) is 1.35. The van der Waals surface area contributed by atoms with Gasteiger partial charge in [-0.1, -0.05) is 67.1 Å². The van der Waals surface area contributed by atoms with Crippen LogP contribution >= 0.6 is 28.3 Å². The van der Waals surface area contributed by atoms with E-state index < -0.39 is 0 Å². The van der Waals surface area contributed by atoms with Gasteiger partial charge in [0.05, 0.1) is 0 Å². The van der Waals surface area contributed by atoms with Crippen molar-refractivity contribution in [2.24, 2.45) is 0 Å². The summed E-state index contributed by atoms with van der Waals surface area (Å²) in [7, 11) is 0. The highest BCUT2D eigenvalue weighted by Gasteiger charge is 1.94. The zero-order valence-electron chi connectivity index (χ0n) is 11.3. The van der Waals surface area contributed by atoms with Crippen molar-refractivity contribution in [2.45, 2.75) is 52.0 Å². The Morgan fingerprint density at radius 2 is 1.78 bits per heavy atom. The lowest BCUT2D eigenvalue weighted by Gasteiger charge is -2.05. The van der Waals surface area contributed by atoms with Crippen LogP contribution in [0.4, 0.5) is 0 Å². The Kier molecular flexibility index (Phi) is 12.0. The Labute approximate surface area is 126 Å². The second-order valence-electron chi connectivity index (χ2n) is 4.57. The molecule has 3 heteroatoms. The molecule has 0 saturated heterocycles. The van der Waals surface area contributed by atoms with Crippen molar-refractivity contribution in [3.05, 3.63) is 34.3 Å². The smallest absolute Gasteiger partial charge is 0.0205 e. The summed E-state index contributed by atoms with van der Waals surface area (Å²) in [6.07, 6.45) is 8.20. The van der Waals surface area contributed by atoms with Crippen LogP contribution in [-0.4, -0.2) is 6.54 Å². The van der Waals surface area contributed by atoms with Crippen molar-refractivity contribution in [1.29, 1.82) is 0 Å². The summed E-state index contributed by atoms with van der Waals surface area (Å²) in [5, 5.41) is 3.50. The molecule has 0 aliphatic rings. The molecule has 0 heterocycles. The molecule has 0 fully saturated rings. The highest BCUT2D eigenvalue weighted by Crippen LogP contribution is 2.11. The van der Waals surface area contributed by atoms with Crippen LogP contribution in [0.1, 0.15) is 51.0 Å². The monoisotopic (exact) mass is 333 g/mol. The van der Waals surface area contributed by atoms with Crippen molar-refractivity contribution in [1.82, 2.24) is 5.32 Å². The number of benzene rings is 1. The van der Waals surface area contributed by atoms with Crippen LogP contribution < -0.4 is 5.32 Å². The summed E-state index contributed by atoms with van der Waals surface area (Å²) >= 11 is 3.49. The van der Waals surface area contributed by atoms with E-state index in [9.17, 15) is 0 Å². The van der Waals surface area contributed by atoms with E-state index >= 15 is 0 Å². The van der Waals surface area contributed by atoms with Crippen molar-refractivity contribution in [3.63, 3.8) is 0 Å². The number of halogens is 2. The second kappa shape index (κ2) is 12.0. The van der Waals surface area contributed by atoms with Crippen LogP contribution in [0.15, 0.2) is 28.7 Å². The van der Waals surface area contributed by atoms with Crippen LogP contribution in [0.25, 0.3) is 0 Å². The lowest BCUT2D eigenvalue weighted by atomic mass is 10.1. The minimum absolute atomic E-state index is 0. The number of rotatable bonds is 9. The Balaban J connectivity index is 0.00000289. The molecule has 1 rings (SSSR count). The van der Waals surface area contributed by atoms with Gasteiger partial charge in [-0.05, 0) is 30.7 Å². The first-order valence-corrected chi connectivity index (χ1v) is 7.57. The Morgan fingerprint density at radius 3 is 2.50 bits per heavy atom. The maximum Gasteiger partial charge on any atom is 0.0205 e. The van der Waals surface area contributed by atoms with E-state index in [-0.39, 0.29) is 12.4 Å². The Bertz CT molecular complexity index is 304. The van der Waals surface area contributed by atoms with E-state index in [4.69, 9.17) is 0 Å². The molecule has 0 atom stereocenters. The van der Waals surface area contributed by atoms with Crippen LogP contribution in [0.2, 0.25) is 0 Å². The normalized spacial score (nSPS) is 10.1. The first-order valence-electron chi connectivity index (χ1n) is 6.78. The van der Waals surface area contributed by atoms with Gasteiger partial charge in [-0.3, -0.25) is 0 Å². The molecule has 0 aliphatic carbocycles. The zero-order chi connectivity index (χ0) is 12.3. The van der Waals surface area contributed by atoms with Crippen molar-refractivity contribution >= 4 is 28.3 Å². The van der Waals surface area contributed by atoms with Gasteiger partial charge in [0.1, 0.15) is 0 Å². The van der Waals surface area contributed by atoms with Gasteiger partial charge in [0.2, 0.25) is 0 Å². The Morgan fingerprint density at radius 1 is 1.06 bits per heavy atom. The third-order valence-electron chi connectivity index (χ3n) is 2.93. The largest absolute Gasteiger partial charge is 0.313 e. The first kappa shape index (κ1) is 17.9. The van der Waals surface area contributed by atoms with E-state index in [1.54, 1.807) is 0 Å². The molecule has 0 amide bonds. The van der Waals surface area contributed by atoms with Gasteiger partial charge >= 0.3 is 0 Å². The van der Waals surface area contributed by atoms with Crippen LogP contribution in [0.5, 0.6) is 0 Å². The van der Waals surface area contributed by atoms with Crippen molar-refractivity contribution in [2.75, 3.05) is 6.54 Å². The average Bonchev–Trinajstić information content (AvgIpc) is 2.33. The third kappa shape index (κ3) is 8.96. The van der Waals surface area contributed by atoms with Gasteiger partial charge in [-0.15, -0.1) is 12.4 Å². The third-order valence-corrected chi connectivity index (χ3v) is 3.42. The number of hydrogen-bond acceptors (Lipinski definition) is 1. The molecular formula is C15H25BrClN. The van der Waals surface area contributed by atoms with Gasteiger partial charge in [0.15, 0.2) is 0 Å². The van der Waals surface area contributed by atoms with Gasteiger partial charge in [0, 0.05) is 11.0 Å². The molecule has 0 unspecified atom stereocenters. The van der Waals surface area contributed by atoms with E-state index in [1.165, 1.54) is 44.1 Å². The molecule has 1 aromatic rings. The minimum atomic E-state index is 0. The summed E-state index contributed by atoms with van der Waals surface area (Å²) < 4.78 is 1.16. The molecule has 18 heavy (non-hydrogen) atoms. The molecular weight excluding hydrogens is 310 g/mol. The van der Waals surface area contributed by atoms with Gasteiger partial charge in [-0.2, -0.15) is 0 Å². The molecule has 0 aliphatic heterocycles. The first-order chi connectivity index (χ1) is 8.33. The fraction of sp³-hybridized carbons (Fsp3) is 0.600. The highest BCUT2D eigenvalue weighted by atomic mass is 79.9. The Hall–Kier alpha value is -0.0500. The molecule has 0 spiro atoms. The van der Waals surface area contributed by atoms with E-state index in [1.807, 2.05) is 0 Å². The van der Waals surface area contributed by atoms with Gasteiger partial charge in [0.25, 0.3) is 0 Å². The molecule has 1 nitrogen and oxygen atoms in total. The van der Waals surface area contributed by atoms with E-state index in [2.05, 4.69) is 52.4 Å². The molecule has 1 aromatic carbocycles. The summed E-state index contributed by atoms with van der Waals surface area (Å²) in [5.74, 6) is 0. The SMILES string of the molecule is CCCCCCCCNCc1cccc(Br)c1.Cl. The number of hydrogen-bond donors (Lipinski definition) is 1. The standard InChI is InChI=1S/C15H24BrN.ClH/c1-2-3-4-5-6-7-11-17-13-14-9-8-10-15(16)12-14;/h8-10,12,17H,2-7,11,13H2,1H3;1H. The fourth-order valence-corrected chi connectivity index (χ4v) is 2.36.